The van der Waals surface area contributed by atoms with E-state index in [4.69, 9.17) is 33.7 Å². The summed E-state index contributed by atoms with van der Waals surface area (Å²) in [6.07, 6.45) is 0. The number of benzene rings is 2. The van der Waals surface area contributed by atoms with Crippen LogP contribution >= 0.6 is 23.2 Å². The van der Waals surface area contributed by atoms with Crippen molar-refractivity contribution >= 4 is 28.9 Å². The highest BCUT2D eigenvalue weighted by molar-refractivity contribution is 6.31. The maximum atomic E-state index is 6.05. The molecule has 2 nitrogen and oxygen atoms in total. The van der Waals surface area contributed by atoms with Gasteiger partial charge in [0.1, 0.15) is 0 Å². The first-order valence-corrected chi connectivity index (χ1v) is 6.27. The van der Waals surface area contributed by atoms with Crippen LogP contribution in [0.1, 0.15) is 11.1 Å². The maximum absolute atomic E-state index is 6.05. The normalized spacial score (nSPS) is 10.6. The Hall–Kier alpha value is -1.22. The van der Waals surface area contributed by atoms with Crippen molar-refractivity contribution in [1.29, 1.82) is 0 Å². The highest BCUT2D eigenvalue weighted by Crippen LogP contribution is 2.20. The number of nitrogen functional groups attached to an aromatic ring is 1. The molecule has 0 aliphatic carbocycles. The second kappa shape index (κ2) is 6.10. The molecule has 0 atom stereocenters. The fraction of sp³-hybridized carbons (Fsp3) is 0.143. The van der Waals surface area contributed by atoms with E-state index < -0.39 is 0 Å². The molecular weight excluding hydrogens is 269 g/mol. The van der Waals surface area contributed by atoms with Crippen LogP contribution in [0.2, 0.25) is 10.0 Å². The number of nitrogens with two attached hydrogens (primary N) is 1. The van der Waals surface area contributed by atoms with Crippen molar-refractivity contribution in [3.63, 3.8) is 0 Å². The van der Waals surface area contributed by atoms with Gasteiger partial charge in [-0.2, -0.15) is 0 Å². The molecule has 0 aliphatic heterocycles. The highest BCUT2D eigenvalue weighted by atomic mass is 35.5. The van der Waals surface area contributed by atoms with Gasteiger partial charge in [-0.05, 0) is 41.5 Å². The summed E-state index contributed by atoms with van der Waals surface area (Å²) in [4.78, 5) is 0. The number of hydrogen-bond donors (Lipinski definition) is 1. The first-order valence-electron chi connectivity index (χ1n) is 5.51. The molecule has 0 radical (unpaired) electrons. The van der Waals surface area contributed by atoms with E-state index in [0.717, 1.165) is 11.1 Å². The summed E-state index contributed by atoms with van der Waals surface area (Å²) in [6.45, 7) is 0.919. The zero-order valence-corrected chi connectivity index (χ0v) is 11.2. The minimum absolute atomic E-state index is 0.427. The molecule has 4 heteroatoms. The lowest BCUT2D eigenvalue weighted by molar-refractivity contribution is 0.107. The zero-order chi connectivity index (χ0) is 13.0. The summed E-state index contributed by atoms with van der Waals surface area (Å²) in [7, 11) is 0. The lowest BCUT2D eigenvalue weighted by atomic mass is 10.2. The van der Waals surface area contributed by atoms with E-state index in [0.29, 0.717) is 28.9 Å². The van der Waals surface area contributed by atoms with Crippen LogP contribution in [0.5, 0.6) is 0 Å². The molecule has 0 amide bonds. The molecule has 2 aromatic rings. The van der Waals surface area contributed by atoms with Crippen LogP contribution < -0.4 is 5.73 Å². The van der Waals surface area contributed by atoms with Crippen LogP contribution in [-0.4, -0.2) is 0 Å². The summed E-state index contributed by atoms with van der Waals surface area (Å²) in [5.41, 5.74) is 8.30. The van der Waals surface area contributed by atoms with E-state index in [9.17, 15) is 0 Å². The molecule has 0 unspecified atom stereocenters. The predicted molar refractivity (Wildman–Crippen MR) is 75.8 cm³/mol. The predicted octanol–water partition coefficient (Wildman–Crippen LogP) is 4.29. The van der Waals surface area contributed by atoms with Crippen molar-refractivity contribution < 1.29 is 4.74 Å². The van der Waals surface area contributed by atoms with Gasteiger partial charge in [0.15, 0.2) is 0 Å². The average molecular weight is 282 g/mol. The molecule has 0 fully saturated rings. The van der Waals surface area contributed by atoms with Gasteiger partial charge in [0.2, 0.25) is 0 Å². The summed E-state index contributed by atoms with van der Waals surface area (Å²) >= 11 is 11.9. The van der Waals surface area contributed by atoms with Crippen molar-refractivity contribution in [1.82, 2.24) is 0 Å². The molecule has 2 aromatic carbocycles. The second-order valence-electron chi connectivity index (χ2n) is 3.97. The smallest absolute Gasteiger partial charge is 0.0736 e. The molecule has 0 spiro atoms. The lowest BCUT2D eigenvalue weighted by Crippen LogP contribution is -1.96. The van der Waals surface area contributed by atoms with Crippen LogP contribution in [0.25, 0.3) is 0 Å². The van der Waals surface area contributed by atoms with E-state index in [1.807, 2.05) is 30.3 Å². The third kappa shape index (κ3) is 3.64. The van der Waals surface area contributed by atoms with Gasteiger partial charge in [0.05, 0.1) is 13.2 Å². The van der Waals surface area contributed by atoms with Gasteiger partial charge in [0.25, 0.3) is 0 Å². The first-order chi connectivity index (χ1) is 8.65. The monoisotopic (exact) mass is 281 g/mol. The standard InChI is InChI=1S/C14H13Cl2NO/c15-12-3-1-2-10(6-12)8-18-9-11-7-13(17)4-5-14(11)16/h1-7H,8-9,17H2. The Morgan fingerprint density at radius 3 is 2.61 bits per heavy atom. The Balaban J connectivity index is 1.94. The van der Waals surface area contributed by atoms with Gasteiger partial charge in [-0.1, -0.05) is 35.3 Å². The highest BCUT2D eigenvalue weighted by Gasteiger charge is 2.02. The van der Waals surface area contributed by atoms with Crippen LogP contribution in [0.3, 0.4) is 0 Å². The third-order valence-corrected chi connectivity index (χ3v) is 3.09. The van der Waals surface area contributed by atoms with Crippen molar-refractivity contribution in [2.75, 3.05) is 5.73 Å². The Kier molecular flexibility index (Phi) is 4.48. The van der Waals surface area contributed by atoms with E-state index in [-0.39, 0.29) is 0 Å². The number of anilines is 1. The van der Waals surface area contributed by atoms with Crippen LogP contribution in [0.15, 0.2) is 42.5 Å². The largest absolute Gasteiger partial charge is 0.399 e. The van der Waals surface area contributed by atoms with E-state index in [1.165, 1.54) is 0 Å². The molecule has 0 saturated carbocycles. The van der Waals surface area contributed by atoms with Gasteiger partial charge in [0, 0.05) is 15.7 Å². The van der Waals surface area contributed by atoms with Crippen LogP contribution in [-0.2, 0) is 18.0 Å². The lowest BCUT2D eigenvalue weighted by Gasteiger charge is -2.07. The molecule has 0 heterocycles. The molecule has 94 valence electrons. The summed E-state index contributed by atoms with van der Waals surface area (Å²) in [5, 5.41) is 1.37. The number of halogens is 2. The summed E-state index contributed by atoms with van der Waals surface area (Å²) in [6, 6.07) is 12.9. The Morgan fingerprint density at radius 2 is 1.83 bits per heavy atom. The van der Waals surface area contributed by atoms with Crippen molar-refractivity contribution in [2.45, 2.75) is 13.2 Å². The van der Waals surface area contributed by atoms with Crippen LogP contribution in [0.4, 0.5) is 5.69 Å². The fourth-order valence-corrected chi connectivity index (χ4v) is 2.00. The quantitative estimate of drug-likeness (QED) is 0.849. The van der Waals surface area contributed by atoms with Gasteiger partial charge in [-0.25, -0.2) is 0 Å². The van der Waals surface area contributed by atoms with Gasteiger partial charge < -0.3 is 10.5 Å². The number of hydrogen-bond acceptors (Lipinski definition) is 2. The fourth-order valence-electron chi connectivity index (χ4n) is 1.61. The Labute approximate surface area is 116 Å². The van der Waals surface area contributed by atoms with E-state index in [2.05, 4.69) is 0 Å². The molecule has 0 saturated heterocycles. The molecule has 0 aromatic heterocycles. The molecule has 2 rings (SSSR count). The minimum atomic E-state index is 0.427. The molecule has 2 N–H and O–H groups in total. The first kappa shape index (κ1) is 13.2. The molecular formula is C14H13Cl2NO. The topological polar surface area (TPSA) is 35.2 Å². The third-order valence-electron chi connectivity index (χ3n) is 2.49. The Morgan fingerprint density at radius 1 is 1.00 bits per heavy atom. The van der Waals surface area contributed by atoms with Crippen LogP contribution in [0, 0.1) is 0 Å². The van der Waals surface area contributed by atoms with Gasteiger partial charge >= 0.3 is 0 Å². The molecule has 18 heavy (non-hydrogen) atoms. The number of rotatable bonds is 4. The molecule has 0 aliphatic rings. The molecule has 0 bridgehead atoms. The van der Waals surface area contributed by atoms with Crippen molar-refractivity contribution in [3.05, 3.63) is 63.6 Å². The minimum Gasteiger partial charge on any atom is -0.399 e. The van der Waals surface area contributed by atoms with Crippen molar-refractivity contribution in [2.24, 2.45) is 0 Å². The van der Waals surface area contributed by atoms with E-state index in [1.54, 1.807) is 12.1 Å². The number of ether oxygens (including phenoxy) is 1. The van der Waals surface area contributed by atoms with Gasteiger partial charge in [-0.15, -0.1) is 0 Å². The zero-order valence-electron chi connectivity index (χ0n) is 9.70. The maximum Gasteiger partial charge on any atom is 0.0736 e. The summed E-state index contributed by atoms with van der Waals surface area (Å²) in [5.74, 6) is 0. The van der Waals surface area contributed by atoms with Gasteiger partial charge in [-0.3, -0.25) is 0 Å². The van der Waals surface area contributed by atoms with E-state index >= 15 is 0 Å². The SMILES string of the molecule is Nc1ccc(Cl)c(COCc2cccc(Cl)c2)c1. The average Bonchev–Trinajstić information content (AvgIpc) is 2.34. The second-order valence-corrected chi connectivity index (χ2v) is 4.82. The summed E-state index contributed by atoms with van der Waals surface area (Å²) < 4.78 is 5.60. The Bertz CT molecular complexity index is 543. The van der Waals surface area contributed by atoms with Crippen molar-refractivity contribution in [3.8, 4) is 0 Å².